The predicted octanol–water partition coefficient (Wildman–Crippen LogP) is 1.93. The first-order valence-electron chi connectivity index (χ1n) is 8.66. The standard InChI is InChI=1S/C19H23N3O4S/c1-22(14-11-12-20-13-14)19(23)17-5-3-4-6-18(17)21-27(24,25)16-9-7-15(26-2)8-10-16/h3-10,14,20-21H,11-13H2,1-2H3. The summed E-state index contributed by atoms with van der Waals surface area (Å²) in [6.07, 6.45) is 0.877. The molecule has 0 aliphatic carbocycles. The van der Waals surface area contributed by atoms with E-state index in [0.717, 1.165) is 19.5 Å². The van der Waals surface area contributed by atoms with Crippen LogP contribution in [0.3, 0.4) is 0 Å². The molecule has 1 unspecified atom stereocenters. The number of nitrogens with zero attached hydrogens (tertiary/aromatic N) is 1. The molecule has 0 saturated carbocycles. The van der Waals surface area contributed by atoms with Gasteiger partial charge in [0.05, 0.1) is 23.3 Å². The molecular weight excluding hydrogens is 366 g/mol. The molecule has 27 heavy (non-hydrogen) atoms. The number of carbonyl (C=O) groups is 1. The molecule has 3 rings (SSSR count). The molecule has 0 aromatic heterocycles. The van der Waals surface area contributed by atoms with E-state index in [9.17, 15) is 13.2 Å². The Bertz CT molecular complexity index is 907. The van der Waals surface area contributed by atoms with Gasteiger partial charge in [-0.25, -0.2) is 8.42 Å². The zero-order valence-electron chi connectivity index (χ0n) is 15.3. The fourth-order valence-corrected chi connectivity index (χ4v) is 4.12. The maximum absolute atomic E-state index is 12.9. The highest BCUT2D eigenvalue weighted by Gasteiger charge is 2.26. The molecule has 1 saturated heterocycles. The number of carbonyl (C=O) groups excluding carboxylic acids is 1. The molecule has 2 N–H and O–H groups in total. The second kappa shape index (κ2) is 7.98. The van der Waals surface area contributed by atoms with E-state index in [-0.39, 0.29) is 22.5 Å². The van der Waals surface area contributed by atoms with Crippen molar-refractivity contribution >= 4 is 21.6 Å². The third-order valence-electron chi connectivity index (χ3n) is 4.67. The number of anilines is 1. The molecular formula is C19H23N3O4S. The summed E-state index contributed by atoms with van der Waals surface area (Å²) in [4.78, 5) is 14.7. The Balaban J connectivity index is 1.85. The minimum atomic E-state index is -3.83. The number of hydrogen-bond donors (Lipinski definition) is 2. The Morgan fingerprint density at radius 3 is 2.52 bits per heavy atom. The van der Waals surface area contributed by atoms with Gasteiger partial charge in [0.25, 0.3) is 15.9 Å². The minimum Gasteiger partial charge on any atom is -0.497 e. The zero-order valence-corrected chi connectivity index (χ0v) is 16.1. The van der Waals surface area contributed by atoms with Gasteiger partial charge in [-0.1, -0.05) is 12.1 Å². The molecule has 1 aliphatic rings. The van der Waals surface area contributed by atoms with Gasteiger partial charge in [0, 0.05) is 19.6 Å². The molecule has 0 spiro atoms. The highest BCUT2D eigenvalue weighted by Crippen LogP contribution is 2.23. The molecule has 1 atom stereocenters. The van der Waals surface area contributed by atoms with Crippen LogP contribution in [0.2, 0.25) is 0 Å². The van der Waals surface area contributed by atoms with Gasteiger partial charge in [0.15, 0.2) is 0 Å². The van der Waals surface area contributed by atoms with Gasteiger partial charge in [0.1, 0.15) is 5.75 Å². The lowest BCUT2D eigenvalue weighted by Gasteiger charge is -2.25. The topological polar surface area (TPSA) is 87.7 Å². The van der Waals surface area contributed by atoms with E-state index in [1.165, 1.54) is 19.2 Å². The fraction of sp³-hybridized carbons (Fsp3) is 0.316. The summed E-state index contributed by atoms with van der Waals surface area (Å²) in [7, 11) is -0.569. The van der Waals surface area contributed by atoms with Crippen LogP contribution in [0.25, 0.3) is 0 Å². The Hall–Kier alpha value is -2.58. The van der Waals surface area contributed by atoms with Crippen molar-refractivity contribution in [3.05, 3.63) is 54.1 Å². The van der Waals surface area contributed by atoms with Crippen molar-refractivity contribution in [2.45, 2.75) is 17.4 Å². The number of para-hydroxylation sites is 1. The molecule has 1 aliphatic heterocycles. The molecule has 1 heterocycles. The van der Waals surface area contributed by atoms with E-state index in [4.69, 9.17) is 4.74 Å². The molecule has 7 nitrogen and oxygen atoms in total. The first-order chi connectivity index (χ1) is 12.9. The van der Waals surface area contributed by atoms with E-state index >= 15 is 0 Å². The Morgan fingerprint density at radius 1 is 1.19 bits per heavy atom. The number of likely N-dealkylation sites (N-methyl/N-ethyl adjacent to an activating group) is 1. The average molecular weight is 389 g/mol. The summed E-state index contributed by atoms with van der Waals surface area (Å²) in [5.74, 6) is 0.355. The maximum Gasteiger partial charge on any atom is 0.261 e. The first kappa shape index (κ1) is 19.2. The normalized spacial score (nSPS) is 16.7. The van der Waals surface area contributed by atoms with Crippen LogP contribution >= 0.6 is 0 Å². The lowest BCUT2D eigenvalue weighted by molar-refractivity contribution is 0.0745. The number of amides is 1. The van der Waals surface area contributed by atoms with Gasteiger partial charge in [-0.2, -0.15) is 0 Å². The zero-order chi connectivity index (χ0) is 19.4. The van der Waals surface area contributed by atoms with Crippen molar-refractivity contribution < 1.29 is 17.9 Å². The molecule has 1 amide bonds. The van der Waals surface area contributed by atoms with Crippen molar-refractivity contribution in [3.63, 3.8) is 0 Å². The summed E-state index contributed by atoms with van der Waals surface area (Å²) in [6.45, 7) is 1.61. The van der Waals surface area contributed by atoms with E-state index in [1.54, 1.807) is 48.3 Å². The van der Waals surface area contributed by atoms with Gasteiger partial charge >= 0.3 is 0 Å². The number of nitrogens with one attached hydrogen (secondary N) is 2. The lowest BCUT2D eigenvalue weighted by Crippen LogP contribution is -2.38. The summed E-state index contributed by atoms with van der Waals surface area (Å²) in [5.41, 5.74) is 0.583. The van der Waals surface area contributed by atoms with Crippen molar-refractivity contribution in [3.8, 4) is 5.75 Å². The molecule has 0 radical (unpaired) electrons. The van der Waals surface area contributed by atoms with E-state index in [0.29, 0.717) is 11.3 Å². The second-order valence-electron chi connectivity index (χ2n) is 6.39. The van der Waals surface area contributed by atoms with Crippen LogP contribution in [0.15, 0.2) is 53.4 Å². The number of sulfonamides is 1. The van der Waals surface area contributed by atoms with Gasteiger partial charge in [-0.15, -0.1) is 0 Å². The van der Waals surface area contributed by atoms with E-state index in [1.807, 2.05) is 0 Å². The summed E-state index contributed by atoms with van der Waals surface area (Å²) < 4.78 is 33.0. The summed E-state index contributed by atoms with van der Waals surface area (Å²) >= 11 is 0. The average Bonchev–Trinajstić information content (AvgIpc) is 3.22. The van der Waals surface area contributed by atoms with Crippen molar-refractivity contribution in [1.82, 2.24) is 10.2 Å². The van der Waals surface area contributed by atoms with Crippen LogP contribution in [-0.4, -0.2) is 52.5 Å². The largest absolute Gasteiger partial charge is 0.497 e. The molecule has 1 fully saturated rings. The summed E-state index contributed by atoms with van der Waals surface area (Å²) in [5, 5.41) is 3.23. The van der Waals surface area contributed by atoms with Gasteiger partial charge < -0.3 is 15.0 Å². The highest BCUT2D eigenvalue weighted by atomic mass is 32.2. The summed E-state index contributed by atoms with van der Waals surface area (Å²) in [6, 6.07) is 12.8. The van der Waals surface area contributed by atoms with Gasteiger partial charge in [0.2, 0.25) is 0 Å². The van der Waals surface area contributed by atoms with Crippen LogP contribution in [0, 0.1) is 0 Å². The number of benzene rings is 2. The minimum absolute atomic E-state index is 0.0962. The molecule has 2 aromatic carbocycles. The Morgan fingerprint density at radius 2 is 1.89 bits per heavy atom. The highest BCUT2D eigenvalue weighted by molar-refractivity contribution is 7.92. The molecule has 8 heteroatoms. The Labute approximate surface area is 159 Å². The first-order valence-corrected chi connectivity index (χ1v) is 10.1. The maximum atomic E-state index is 12.9. The molecule has 144 valence electrons. The predicted molar refractivity (Wildman–Crippen MR) is 104 cm³/mol. The van der Waals surface area contributed by atoms with Crippen LogP contribution in [0.4, 0.5) is 5.69 Å². The third-order valence-corrected chi connectivity index (χ3v) is 6.06. The number of methoxy groups -OCH3 is 1. The van der Waals surface area contributed by atoms with E-state index in [2.05, 4.69) is 10.0 Å². The number of hydrogen-bond acceptors (Lipinski definition) is 5. The lowest BCUT2D eigenvalue weighted by atomic mass is 10.1. The molecule has 2 aromatic rings. The van der Waals surface area contributed by atoms with Crippen LogP contribution in [-0.2, 0) is 10.0 Å². The smallest absolute Gasteiger partial charge is 0.261 e. The SMILES string of the molecule is COc1ccc(S(=O)(=O)Nc2ccccc2C(=O)N(C)C2CCNC2)cc1. The van der Waals surface area contributed by atoms with Crippen molar-refractivity contribution in [2.75, 3.05) is 32.0 Å². The third kappa shape index (κ3) is 4.23. The number of ether oxygens (including phenoxy) is 1. The van der Waals surface area contributed by atoms with Crippen molar-refractivity contribution in [1.29, 1.82) is 0 Å². The van der Waals surface area contributed by atoms with Crippen LogP contribution in [0.5, 0.6) is 5.75 Å². The van der Waals surface area contributed by atoms with E-state index < -0.39 is 10.0 Å². The van der Waals surface area contributed by atoms with Gasteiger partial charge in [-0.3, -0.25) is 9.52 Å². The quantitative estimate of drug-likeness (QED) is 0.788. The van der Waals surface area contributed by atoms with Gasteiger partial charge in [-0.05, 0) is 49.4 Å². The number of rotatable bonds is 6. The van der Waals surface area contributed by atoms with Crippen LogP contribution < -0.4 is 14.8 Å². The fourth-order valence-electron chi connectivity index (χ4n) is 3.04. The monoisotopic (exact) mass is 389 g/mol. The van der Waals surface area contributed by atoms with Crippen LogP contribution in [0.1, 0.15) is 16.8 Å². The molecule has 0 bridgehead atoms. The second-order valence-corrected chi connectivity index (χ2v) is 8.07. The Kier molecular flexibility index (Phi) is 5.67. The van der Waals surface area contributed by atoms with Crippen molar-refractivity contribution in [2.24, 2.45) is 0 Å².